The molecular formula is C12H22N4. The van der Waals surface area contributed by atoms with E-state index in [1.54, 1.807) is 0 Å². The molecular weight excluding hydrogens is 200 g/mol. The van der Waals surface area contributed by atoms with E-state index in [2.05, 4.69) is 46.4 Å². The molecule has 1 aliphatic heterocycles. The van der Waals surface area contributed by atoms with E-state index in [0.717, 1.165) is 19.6 Å². The Morgan fingerprint density at radius 1 is 1.25 bits per heavy atom. The summed E-state index contributed by atoms with van der Waals surface area (Å²) >= 11 is 0. The first kappa shape index (κ1) is 11.6. The van der Waals surface area contributed by atoms with Gasteiger partial charge in [-0.3, -0.25) is 4.90 Å². The summed E-state index contributed by atoms with van der Waals surface area (Å²) < 4.78 is 2.26. The average Bonchev–Trinajstić information content (AvgIpc) is 2.69. The van der Waals surface area contributed by atoms with E-state index in [0.29, 0.717) is 6.04 Å². The van der Waals surface area contributed by atoms with Crippen molar-refractivity contribution in [3.63, 3.8) is 0 Å². The Morgan fingerprint density at radius 3 is 2.56 bits per heavy atom. The van der Waals surface area contributed by atoms with Gasteiger partial charge in [0, 0.05) is 44.6 Å². The highest BCUT2D eigenvalue weighted by Crippen LogP contribution is 2.11. The fourth-order valence-electron chi connectivity index (χ4n) is 2.14. The van der Waals surface area contributed by atoms with E-state index in [1.807, 2.05) is 6.20 Å². The Hall–Kier alpha value is -0.870. The summed E-state index contributed by atoms with van der Waals surface area (Å²) in [5, 5.41) is 0. The fraction of sp³-hybridized carbons (Fsp3) is 0.750. The highest BCUT2D eigenvalue weighted by atomic mass is 15.3. The fourth-order valence-corrected chi connectivity index (χ4v) is 2.14. The summed E-state index contributed by atoms with van der Waals surface area (Å²) in [5.41, 5.74) is 0. The first-order valence-electron chi connectivity index (χ1n) is 6.09. The van der Waals surface area contributed by atoms with E-state index in [1.165, 1.54) is 18.9 Å². The van der Waals surface area contributed by atoms with Crippen LogP contribution in [0.15, 0.2) is 12.4 Å². The Kier molecular flexibility index (Phi) is 3.61. The third-order valence-electron chi connectivity index (χ3n) is 3.27. The van der Waals surface area contributed by atoms with Crippen molar-refractivity contribution in [2.24, 2.45) is 0 Å². The molecule has 0 amide bonds. The number of piperazine rings is 1. The van der Waals surface area contributed by atoms with Gasteiger partial charge in [0.05, 0.1) is 6.54 Å². The van der Waals surface area contributed by atoms with Crippen molar-refractivity contribution < 1.29 is 0 Å². The maximum Gasteiger partial charge on any atom is 0.123 e. The van der Waals surface area contributed by atoms with Gasteiger partial charge in [0.2, 0.25) is 0 Å². The van der Waals surface area contributed by atoms with Gasteiger partial charge in [0.25, 0.3) is 0 Å². The van der Waals surface area contributed by atoms with Crippen molar-refractivity contribution in [3.8, 4) is 0 Å². The summed E-state index contributed by atoms with van der Waals surface area (Å²) in [6.07, 6.45) is 3.99. The van der Waals surface area contributed by atoms with E-state index in [-0.39, 0.29) is 0 Å². The van der Waals surface area contributed by atoms with Gasteiger partial charge in [-0.05, 0) is 20.9 Å². The van der Waals surface area contributed by atoms with Crippen LogP contribution in [0.3, 0.4) is 0 Å². The number of hydrogen-bond acceptors (Lipinski definition) is 3. The van der Waals surface area contributed by atoms with Gasteiger partial charge in [-0.15, -0.1) is 0 Å². The number of aromatic nitrogens is 2. The predicted molar refractivity (Wildman–Crippen MR) is 65.4 cm³/mol. The molecule has 4 heteroatoms. The largest absolute Gasteiger partial charge is 0.331 e. The SMILES string of the molecule is CC(C)n1ccnc1CN1CCN(C)CC1. The lowest BCUT2D eigenvalue weighted by molar-refractivity contribution is 0.143. The zero-order chi connectivity index (χ0) is 11.5. The summed E-state index contributed by atoms with van der Waals surface area (Å²) in [6, 6.07) is 0.505. The highest BCUT2D eigenvalue weighted by molar-refractivity contribution is 4.94. The maximum atomic E-state index is 4.46. The third kappa shape index (κ3) is 2.62. The van der Waals surface area contributed by atoms with E-state index >= 15 is 0 Å². The first-order chi connectivity index (χ1) is 7.66. The quantitative estimate of drug-likeness (QED) is 0.768. The number of nitrogens with zero attached hydrogens (tertiary/aromatic N) is 4. The normalized spacial score (nSPS) is 19.5. The molecule has 2 rings (SSSR count). The van der Waals surface area contributed by atoms with Crippen LogP contribution >= 0.6 is 0 Å². The smallest absolute Gasteiger partial charge is 0.123 e. The van der Waals surface area contributed by atoms with Crippen molar-refractivity contribution in [1.29, 1.82) is 0 Å². The summed E-state index contributed by atoms with van der Waals surface area (Å²) in [4.78, 5) is 9.33. The van der Waals surface area contributed by atoms with E-state index < -0.39 is 0 Å². The molecule has 0 aromatic carbocycles. The molecule has 0 aliphatic carbocycles. The van der Waals surface area contributed by atoms with E-state index in [9.17, 15) is 0 Å². The van der Waals surface area contributed by atoms with Crippen LogP contribution in [0, 0.1) is 0 Å². The molecule has 1 aromatic heterocycles. The number of imidazole rings is 1. The number of hydrogen-bond donors (Lipinski definition) is 0. The molecule has 2 heterocycles. The van der Waals surface area contributed by atoms with Crippen LogP contribution in [0.2, 0.25) is 0 Å². The Balaban J connectivity index is 1.96. The van der Waals surface area contributed by atoms with Crippen molar-refractivity contribution in [1.82, 2.24) is 19.4 Å². The van der Waals surface area contributed by atoms with Crippen molar-refractivity contribution in [3.05, 3.63) is 18.2 Å². The van der Waals surface area contributed by atoms with Crippen LogP contribution in [0.5, 0.6) is 0 Å². The molecule has 0 radical (unpaired) electrons. The molecule has 1 saturated heterocycles. The first-order valence-corrected chi connectivity index (χ1v) is 6.09. The molecule has 0 N–H and O–H groups in total. The topological polar surface area (TPSA) is 24.3 Å². The van der Waals surface area contributed by atoms with Gasteiger partial charge < -0.3 is 9.47 Å². The number of likely N-dealkylation sites (N-methyl/N-ethyl adjacent to an activating group) is 1. The molecule has 0 atom stereocenters. The average molecular weight is 222 g/mol. The molecule has 0 saturated carbocycles. The van der Waals surface area contributed by atoms with Gasteiger partial charge in [-0.25, -0.2) is 4.98 Å². The molecule has 16 heavy (non-hydrogen) atoms. The second-order valence-electron chi connectivity index (χ2n) is 4.92. The van der Waals surface area contributed by atoms with Crippen molar-refractivity contribution >= 4 is 0 Å². The van der Waals surface area contributed by atoms with Crippen LogP contribution in [-0.4, -0.2) is 52.6 Å². The van der Waals surface area contributed by atoms with Crippen molar-refractivity contribution in [2.75, 3.05) is 33.2 Å². The highest BCUT2D eigenvalue weighted by Gasteiger charge is 2.16. The van der Waals surface area contributed by atoms with Crippen LogP contribution < -0.4 is 0 Å². The van der Waals surface area contributed by atoms with Gasteiger partial charge >= 0.3 is 0 Å². The molecule has 0 unspecified atom stereocenters. The zero-order valence-corrected chi connectivity index (χ0v) is 10.6. The van der Waals surface area contributed by atoms with Crippen LogP contribution in [0.1, 0.15) is 25.7 Å². The Morgan fingerprint density at radius 2 is 1.94 bits per heavy atom. The number of rotatable bonds is 3. The van der Waals surface area contributed by atoms with E-state index in [4.69, 9.17) is 0 Å². The second kappa shape index (κ2) is 4.97. The minimum atomic E-state index is 0.505. The van der Waals surface area contributed by atoms with Crippen LogP contribution in [0.25, 0.3) is 0 Å². The van der Waals surface area contributed by atoms with Crippen LogP contribution in [-0.2, 0) is 6.54 Å². The second-order valence-corrected chi connectivity index (χ2v) is 4.92. The van der Waals surface area contributed by atoms with Crippen LogP contribution in [0.4, 0.5) is 0 Å². The Labute approximate surface area is 97.9 Å². The van der Waals surface area contributed by atoms with Gasteiger partial charge in [0.15, 0.2) is 0 Å². The Bertz CT molecular complexity index is 324. The molecule has 90 valence electrons. The molecule has 1 aliphatic rings. The lowest BCUT2D eigenvalue weighted by Gasteiger charge is -2.32. The predicted octanol–water partition coefficient (Wildman–Crippen LogP) is 1.21. The third-order valence-corrected chi connectivity index (χ3v) is 3.27. The van der Waals surface area contributed by atoms with Gasteiger partial charge in [0.1, 0.15) is 5.82 Å². The lowest BCUT2D eigenvalue weighted by Crippen LogP contribution is -2.44. The zero-order valence-electron chi connectivity index (χ0n) is 10.6. The minimum Gasteiger partial charge on any atom is -0.331 e. The molecule has 1 aromatic rings. The lowest BCUT2D eigenvalue weighted by atomic mass is 10.3. The standard InChI is InChI=1S/C12H22N4/c1-11(2)16-5-4-13-12(16)10-15-8-6-14(3)7-9-15/h4-5,11H,6-10H2,1-3H3. The van der Waals surface area contributed by atoms with Crippen molar-refractivity contribution in [2.45, 2.75) is 26.4 Å². The minimum absolute atomic E-state index is 0.505. The summed E-state index contributed by atoms with van der Waals surface area (Å²) in [6.45, 7) is 10.0. The van der Waals surface area contributed by atoms with Gasteiger partial charge in [-0.1, -0.05) is 0 Å². The molecule has 4 nitrogen and oxygen atoms in total. The molecule has 1 fully saturated rings. The summed E-state index contributed by atoms with van der Waals surface area (Å²) in [7, 11) is 2.19. The van der Waals surface area contributed by atoms with Gasteiger partial charge in [-0.2, -0.15) is 0 Å². The molecule has 0 spiro atoms. The monoisotopic (exact) mass is 222 g/mol. The maximum absolute atomic E-state index is 4.46. The summed E-state index contributed by atoms with van der Waals surface area (Å²) in [5.74, 6) is 1.19. The molecule has 0 bridgehead atoms.